The highest BCUT2D eigenvalue weighted by atomic mass is 35.5. The molecule has 0 bridgehead atoms. The van der Waals surface area contributed by atoms with Crippen molar-refractivity contribution < 1.29 is 14.6 Å². The lowest BCUT2D eigenvalue weighted by molar-refractivity contribution is 0.0523. The molecule has 3 N–H and O–H groups in total. The molecule has 1 amide bonds. The molecule has 0 saturated heterocycles. The molecular weight excluding hydrogens is 400 g/mol. The SMILES string of the molecule is CC(C)(C)CNc1ccc(Cl)cc1C(O)c1ccc(CNC(=O)OC(C)(C)C)cc1. The van der Waals surface area contributed by atoms with Crippen LogP contribution in [0.25, 0.3) is 0 Å². The Morgan fingerprint density at radius 1 is 1.07 bits per heavy atom. The average molecular weight is 433 g/mol. The lowest BCUT2D eigenvalue weighted by atomic mass is 9.95. The van der Waals surface area contributed by atoms with Crippen LogP contribution in [-0.2, 0) is 11.3 Å². The van der Waals surface area contributed by atoms with E-state index in [0.717, 1.165) is 28.9 Å². The average Bonchev–Trinajstić information content (AvgIpc) is 2.63. The van der Waals surface area contributed by atoms with Crippen molar-refractivity contribution in [2.75, 3.05) is 11.9 Å². The van der Waals surface area contributed by atoms with Crippen LogP contribution in [0.2, 0.25) is 5.02 Å². The van der Waals surface area contributed by atoms with E-state index in [4.69, 9.17) is 16.3 Å². The normalized spacial score (nSPS) is 12.9. The number of amides is 1. The number of nitrogens with one attached hydrogen (secondary N) is 2. The number of rotatable bonds is 6. The molecule has 5 nitrogen and oxygen atoms in total. The van der Waals surface area contributed by atoms with Gasteiger partial charge in [0.2, 0.25) is 0 Å². The van der Waals surface area contributed by atoms with Crippen LogP contribution in [0, 0.1) is 5.41 Å². The van der Waals surface area contributed by atoms with Gasteiger partial charge >= 0.3 is 6.09 Å². The van der Waals surface area contributed by atoms with Gasteiger partial charge < -0.3 is 20.5 Å². The second-order valence-electron chi connectivity index (χ2n) is 9.65. The lowest BCUT2D eigenvalue weighted by Crippen LogP contribution is -2.32. The zero-order chi connectivity index (χ0) is 22.5. The summed E-state index contributed by atoms with van der Waals surface area (Å²) in [6.45, 7) is 13.0. The van der Waals surface area contributed by atoms with Gasteiger partial charge in [0, 0.05) is 29.4 Å². The van der Waals surface area contributed by atoms with Crippen LogP contribution in [0.3, 0.4) is 0 Å². The molecule has 2 rings (SSSR count). The Morgan fingerprint density at radius 2 is 1.70 bits per heavy atom. The first-order chi connectivity index (χ1) is 13.8. The zero-order valence-electron chi connectivity index (χ0n) is 18.7. The quantitative estimate of drug-likeness (QED) is 0.531. The number of benzene rings is 2. The van der Waals surface area contributed by atoms with Crippen molar-refractivity contribution in [2.45, 2.75) is 59.8 Å². The summed E-state index contributed by atoms with van der Waals surface area (Å²) in [7, 11) is 0. The Balaban J connectivity index is 2.09. The van der Waals surface area contributed by atoms with Gasteiger partial charge in [0.05, 0.1) is 0 Å². The van der Waals surface area contributed by atoms with Crippen molar-refractivity contribution in [3.63, 3.8) is 0 Å². The fourth-order valence-electron chi connectivity index (χ4n) is 2.77. The maximum atomic E-state index is 11.8. The minimum absolute atomic E-state index is 0.102. The minimum Gasteiger partial charge on any atom is -0.444 e. The standard InChI is InChI=1S/C24H33ClN2O3/c1-23(2,3)15-27-20-12-11-18(25)13-19(20)21(28)17-9-7-16(8-10-17)14-26-22(29)30-24(4,5)6/h7-13,21,27-28H,14-15H2,1-6H3,(H,26,29). The molecule has 0 saturated carbocycles. The van der Waals surface area contributed by atoms with Gasteiger partial charge in [0.25, 0.3) is 0 Å². The third-order valence-electron chi connectivity index (χ3n) is 4.25. The first-order valence-corrected chi connectivity index (χ1v) is 10.5. The molecule has 0 fully saturated rings. The highest BCUT2D eigenvalue weighted by Crippen LogP contribution is 2.32. The second-order valence-corrected chi connectivity index (χ2v) is 10.1. The van der Waals surface area contributed by atoms with Crippen LogP contribution in [0.5, 0.6) is 0 Å². The predicted molar refractivity (Wildman–Crippen MR) is 123 cm³/mol. The number of carbonyl (C=O) groups is 1. The summed E-state index contributed by atoms with van der Waals surface area (Å²) in [6.07, 6.45) is -1.28. The van der Waals surface area contributed by atoms with E-state index >= 15 is 0 Å². The number of anilines is 1. The molecule has 1 atom stereocenters. The molecule has 0 aliphatic heterocycles. The lowest BCUT2D eigenvalue weighted by Gasteiger charge is -2.23. The fraction of sp³-hybridized carbons (Fsp3) is 0.458. The highest BCUT2D eigenvalue weighted by Gasteiger charge is 2.18. The van der Waals surface area contributed by atoms with Crippen LogP contribution in [0.15, 0.2) is 42.5 Å². The summed E-state index contributed by atoms with van der Waals surface area (Å²) in [5.74, 6) is 0. The molecule has 0 aliphatic carbocycles. The van der Waals surface area contributed by atoms with E-state index in [0.29, 0.717) is 11.6 Å². The van der Waals surface area contributed by atoms with Gasteiger partial charge in [-0.1, -0.05) is 56.6 Å². The molecule has 6 heteroatoms. The number of aliphatic hydroxyl groups excluding tert-OH is 1. The van der Waals surface area contributed by atoms with E-state index in [1.807, 2.05) is 57.2 Å². The molecule has 1 unspecified atom stereocenters. The highest BCUT2D eigenvalue weighted by molar-refractivity contribution is 6.30. The van der Waals surface area contributed by atoms with E-state index in [1.54, 1.807) is 6.07 Å². The summed E-state index contributed by atoms with van der Waals surface area (Å²) < 4.78 is 5.24. The molecule has 30 heavy (non-hydrogen) atoms. The first kappa shape index (κ1) is 24.0. The zero-order valence-corrected chi connectivity index (χ0v) is 19.4. The Kier molecular flexibility index (Phi) is 7.78. The van der Waals surface area contributed by atoms with Crippen LogP contribution in [0.4, 0.5) is 10.5 Å². The summed E-state index contributed by atoms with van der Waals surface area (Å²) in [6, 6.07) is 13.0. The van der Waals surface area contributed by atoms with Crippen LogP contribution in [-0.4, -0.2) is 23.3 Å². The number of hydrogen-bond donors (Lipinski definition) is 3. The van der Waals surface area contributed by atoms with Gasteiger partial charge in [-0.2, -0.15) is 0 Å². The predicted octanol–water partition coefficient (Wildman–Crippen LogP) is 5.90. The van der Waals surface area contributed by atoms with Crippen molar-refractivity contribution in [3.05, 3.63) is 64.2 Å². The molecule has 0 spiro atoms. The van der Waals surface area contributed by atoms with Crippen LogP contribution in [0.1, 0.15) is 64.3 Å². The third-order valence-corrected chi connectivity index (χ3v) is 4.48. The number of carbonyl (C=O) groups excluding carboxylic acids is 1. The van der Waals surface area contributed by atoms with Crippen molar-refractivity contribution in [2.24, 2.45) is 5.41 Å². The number of alkyl carbamates (subject to hydrolysis) is 1. The smallest absolute Gasteiger partial charge is 0.407 e. The largest absolute Gasteiger partial charge is 0.444 e. The van der Waals surface area contributed by atoms with E-state index in [-0.39, 0.29) is 5.41 Å². The summed E-state index contributed by atoms with van der Waals surface area (Å²) in [4.78, 5) is 11.8. The summed E-state index contributed by atoms with van der Waals surface area (Å²) in [5.41, 5.74) is 2.81. The van der Waals surface area contributed by atoms with E-state index in [1.165, 1.54) is 0 Å². The third kappa shape index (κ3) is 7.88. The van der Waals surface area contributed by atoms with Crippen molar-refractivity contribution in [1.29, 1.82) is 0 Å². The Morgan fingerprint density at radius 3 is 2.27 bits per heavy atom. The molecule has 2 aromatic carbocycles. The van der Waals surface area contributed by atoms with Gasteiger partial charge in [0.1, 0.15) is 11.7 Å². The molecule has 164 valence electrons. The first-order valence-electron chi connectivity index (χ1n) is 10.1. The molecule has 2 aromatic rings. The summed E-state index contributed by atoms with van der Waals surface area (Å²) in [5, 5.41) is 17.7. The fourth-order valence-corrected chi connectivity index (χ4v) is 2.95. The van der Waals surface area contributed by atoms with Gasteiger partial charge in [-0.05, 0) is 55.5 Å². The maximum absolute atomic E-state index is 11.8. The van der Waals surface area contributed by atoms with Gasteiger partial charge in [-0.15, -0.1) is 0 Å². The number of halogens is 1. The van der Waals surface area contributed by atoms with Gasteiger partial charge in [-0.25, -0.2) is 4.79 Å². The Hall–Kier alpha value is -2.24. The number of hydrogen-bond acceptors (Lipinski definition) is 4. The Labute approximate surface area is 184 Å². The van der Waals surface area contributed by atoms with E-state index < -0.39 is 17.8 Å². The van der Waals surface area contributed by atoms with Crippen LogP contribution >= 0.6 is 11.6 Å². The Bertz CT molecular complexity index is 852. The topological polar surface area (TPSA) is 70.6 Å². The molecular formula is C24H33ClN2O3. The molecule has 0 aliphatic rings. The van der Waals surface area contributed by atoms with Crippen LogP contribution < -0.4 is 10.6 Å². The summed E-state index contributed by atoms with van der Waals surface area (Å²) >= 11 is 6.19. The maximum Gasteiger partial charge on any atom is 0.407 e. The van der Waals surface area contributed by atoms with Crippen molar-refractivity contribution in [1.82, 2.24) is 5.32 Å². The second kappa shape index (κ2) is 9.71. The number of aliphatic hydroxyl groups is 1. The van der Waals surface area contributed by atoms with E-state index in [9.17, 15) is 9.90 Å². The minimum atomic E-state index is -0.820. The number of ether oxygens (including phenoxy) is 1. The van der Waals surface area contributed by atoms with Crippen molar-refractivity contribution in [3.8, 4) is 0 Å². The van der Waals surface area contributed by atoms with Gasteiger partial charge in [0.15, 0.2) is 0 Å². The van der Waals surface area contributed by atoms with E-state index in [2.05, 4.69) is 31.4 Å². The van der Waals surface area contributed by atoms with Crippen molar-refractivity contribution >= 4 is 23.4 Å². The van der Waals surface area contributed by atoms with Gasteiger partial charge in [-0.3, -0.25) is 0 Å². The molecule has 0 aromatic heterocycles. The molecule has 0 heterocycles. The monoisotopic (exact) mass is 432 g/mol. The molecule has 0 radical (unpaired) electrons.